The van der Waals surface area contributed by atoms with Crippen LogP contribution >= 0.6 is 0 Å². The first-order valence-electron chi connectivity index (χ1n) is 15.3. The zero-order valence-corrected chi connectivity index (χ0v) is 27.7. The Morgan fingerprint density at radius 2 is 1.39 bits per heavy atom. The quantitative estimate of drug-likeness (QED) is 0.115. The van der Waals surface area contributed by atoms with Gasteiger partial charge in [0.05, 0.1) is 29.0 Å². The average Bonchev–Trinajstić information content (AvgIpc) is 3.48. The zero-order chi connectivity index (χ0) is 36.9. The van der Waals surface area contributed by atoms with Crippen LogP contribution < -0.4 is 31.4 Å². The van der Waals surface area contributed by atoms with Gasteiger partial charge in [-0.1, -0.05) is 0 Å². The van der Waals surface area contributed by atoms with Crippen LogP contribution in [0, 0.1) is 6.92 Å². The number of aliphatic hydroxyl groups is 2. The number of carbonyl (C=O) groups excluding carboxylic acids is 2. The monoisotopic (exact) mass is 707 g/mol. The van der Waals surface area contributed by atoms with Crippen molar-refractivity contribution in [2.75, 3.05) is 24.9 Å². The summed E-state index contributed by atoms with van der Waals surface area (Å²) in [7, 11) is 2.79. The van der Waals surface area contributed by atoms with E-state index >= 15 is 0 Å². The number of aromatic nitrogens is 1. The van der Waals surface area contributed by atoms with Gasteiger partial charge in [0.2, 0.25) is 6.29 Å². The summed E-state index contributed by atoms with van der Waals surface area (Å²) in [6.45, 7) is 4.73. The number of ether oxygens (including phenoxy) is 4. The summed E-state index contributed by atoms with van der Waals surface area (Å²) in [5, 5.41) is 47.5. The van der Waals surface area contributed by atoms with Gasteiger partial charge < -0.3 is 63.8 Å². The number of benzene rings is 2. The largest absolute Gasteiger partial charge is 0.505 e. The van der Waals surface area contributed by atoms with Crippen LogP contribution in [0.5, 0.6) is 23.0 Å². The number of H-pyrrole nitrogens is 1. The number of aromatic hydroxyl groups is 2. The molecule has 2 aromatic carbocycles. The first kappa shape index (κ1) is 35.0. The summed E-state index contributed by atoms with van der Waals surface area (Å²) in [5.41, 5.74) is -4.59. The molecule has 7 N–H and O–H groups in total. The second-order valence-corrected chi connectivity index (χ2v) is 12.2. The number of anilines is 2. The molecule has 0 saturated carbocycles. The molecule has 1 saturated heterocycles. The van der Waals surface area contributed by atoms with Crippen LogP contribution in [-0.4, -0.2) is 81.6 Å². The number of hydrogen-bond acceptors (Lipinski definition) is 14. The van der Waals surface area contributed by atoms with E-state index in [0.29, 0.717) is 5.75 Å². The van der Waals surface area contributed by atoms with Crippen LogP contribution in [0.2, 0.25) is 0 Å². The summed E-state index contributed by atoms with van der Waals surface area (Å²) < 4.78 is 32.5. The van der Waals surface area contributed by atoms with Gasteiger partial charge in [-0.2, -0.15) is 0 Å². The van der Waals surface area contributed by atoms with Crippen LogP contribution in [0.1, 0.15) is 40.3 Å². The Balaban J connectivity index is 1.20. The fraction of sp³-hybridized carbons (Fsp3) is 0.294. The molecule has 2 amide bonds. The maximum atomic E-state index is 13.3. The van der Waals surface area contributed by atoms with E-state index in [0.717, 1.165) is 0 Å². The van der Waals surface area contributed by atoms with E-state index in [2.05, 4.69) is 15.6 Å². The van der Waals surface area contributed by atoms with Gasteiger partial charge in [0, 0.05) is 25.4 Å². The Hall–Kier alpha value is -5.88. The zero-order valence-electron chi connectivity index (χ0n) is 27.7. The third-order valence-electron chi connectivity index (χ3n) is 8.58. The Bertz CT molecular complexity index is 2310. The number of aliphatic hydroxyl groups excluding tert-OH is 2. The van der Waals surface area contributed by atoms with Crippen LogP contribution in [0.4, 0.5) is 11.4 Å². The Morgan fingerprint density at radius 1 is 0.843 bits per heavy atom. The van der Waals surface area contributed by atoms with E-state index in [9.17, 15) is 39.6 Å². The number of rotatable bonds is 8. The first-order chi connectivity index (χ1) is 24.1. The molecule has 17 nitrogen and oxygen atoms in total. The number of hydrogen-bond donors (Lipinski definition) is 7. The molecule has 4 heterocycles. The van der Waals surface area contributed by atoms with Gasteiger partial charge in [0.15, 0.2) is 22.9 Å². The predicted molar refractivity (Wildman–Crippen MR) is 179 cm³/mol. The molecule has 3 aromatic heterocycles. The number of nitrogens with one attached hydrogen (secondary N) is 3. The van der Waals surface area contributed by atoms with Crippen LogP contribution in [0.25, 0.3) is 21.9 Å². The highest BCUT2D eigenvalue weighted by atomic mass is 16.7. The Morgan fingerprint density at radius 3 is 1.96 bits per heavy atom. The van der Waals surface area contributed by atoms with Crippen molar-refractivity contribution in [2.24, 2.45) is 0 Å². The summed E-state index contributed by atoms with van der Waals surface area (Å²) in [6, 6.07) is 8.35. The molecule has 1 aliphatic heterocycles. The Labute approximate surface area is 286 Å². The lowest BCUT2D eigenvalue weighted by molar-refractivity contribution is -0.305. The van der Waals surface area contributed by atoms with Gasteiger partial charge >= 0.3 is 11.3 Å². The van der Waals surface area contributed by atoms with Gasteiger partial charge in [-0.25, -0.2) is 9.59 Å². The van der Waals surface area contributed by atoms with Crippen molar-refractivity contribution in [3.8, 4) is 23.0 Å². The van der Waals surface area contributed by atoms with Gasteiger partial charge in [-0.05, 0) is 50.6 Å². The highest BCUT2D eigenvalue weighted by Gasteiger charge is 2.50. The molecule has 0 spiro atoms. The highest BCUT2D eigenvalue weighted by Crippen LogP contribution is 2.36. The molecule has 1 fully saturated rings. The molecule has 1 aliphatic rings. The molecule has 51 heavy (non-hydrogen) atoms. The summed E-state index contributed by atoms with van der Waals surface area (Å²) >= 11 is 0. The van der Waals surface area contributed by atoms with E-state index < -0.39 is 76.1 Å². The van der Waals surface area contributed by atoms with Crippen molar-refractivity contribution < 1.29 is 57.8 Å². The number of amides is 2. The van der Waals surface area contributed by atoms with Gasteiger partial charge in [0.25, 0.3) is 11.8 Å². The minimum Gasteiger partial charge on any atom is -0.505 e. The molecule has 0 aliphatic carbocycles. The van der Waals surface area contributed by atoms with Crippen molar-refractivity contribution in [2.45, 2.75) is 51.0 Å². The fourth-order valence-electron chi connectivity index (χ4n) is 5.91. The molecule has 17 heteroatoms. The smallest absolute Gasteiger partial charge is 0.364 e. The van der Waals surface area contributed by atoms with Crippen molar-refractivity contribution in [3.63, 3.8) is 0 Å². The molecule has 268 valence electrons. The minimum atomic E-state index is -1.49. The average molecular weight is 708 g/mol. The SMILES string of the molecule is COc1ccc2c(O)c(NC(=O)c3[nH]cc(C(=O)Nc4c(O)c5ccc(O[C@@H]6OC(C)(C)[C@H](OC)[C@@H](O)[C@H]6O)cc5oc4=O)c3C)c(=O)oc2c1. The number of aromatic amines is 1. The summed E-state index contributed by atoms with van der Waals surface area (Å²) in [4.78, 5) is 54.5. The molecule has 5 aromatic rings. The first-order valence-corrected chi connectivity index (χ1v) is 15.3. The van der Waals surface area contributed by atoms with E-state index in [1.807, 2.05) is 0 Å². The van der Waals surface area contributed by atoms with Crippen molar-refractivity contribution in [1.82, 2.24) is 4.98 Å². The van der Waals surface area contributed by atoms with Gasteiger partial charge in [0.1, 0.15) is 46.7 Å². The maximum absolute atomic E-state index is 13.3. The molecular formula is C34H33N3O14. The third kappa shape index (κ3) is 6.23. The summed E-state index contributed by atoms with van der Waals surface area (Å²) in [6.07, 6.45) is -3.82. The second kappa shape index (κ2) is 13.1. The van der Waals surface area contributed by atoms with E-state index in [1.165, 1.54) is 63.7 Å². The molecular weight excluding hydrogens is 674 g/mol. The number of fused-ring (bicyclic) bond motifs is 2. The Kier molecular flexibility index (Phi) is 8.98. The standard InChI is InChI=1S/C34H33N3O14/c1-13-18(12-35-21(13)30(43)37-23-25(39)16-8-6-14(46-4)10-19(16)49-32(23)45)29(42)36-22-24(38)17-9-7-15(11-20(17)50-31(22)44)48-33-27(41)26(40)28(47-5)34(2,3)51-33/h6-12,26-28,33,35,38-41H,1-5H3,(H,36,42)(H,37,43)/t26-,27+,28+,33+/m0/s1. The van der Waals surface area contributed by atoms with Crippen LogP contribution in [0.3, 0.4) is 0 Å². The second-order valence-electron chi connectivity index (χ2n) is 12.2. The molecule has 4 atom stereocenters. The third-order valence-corrected chi connectivity index (χ3v) is 8.58. The molecule has 0 radical (unpaired) electrons. The summed E-state index contributed by atoms with van der Waals surface area (Å²) in [5.74, 6) is -2.52. The van der Waals surface area contributed by atoms with E-state index in [4.69, 9.17) is 27.8 Å². The molecule has 0 bridgehead atoms. The lowest BCUT2D eigenvalue weighted by Crippen LogP contribution is -2.63. The lowest BCUT2D eigenvalue weighted by Gasteiger charge is -2.46. The van der Waals surface area contributed by atoms with Gasteiger partial charge in [-0.15, -0.1) is 0 Å². The molecule has 6 rings (SSSR count). The topological polar surface area (TPSA) is 252 Å². The predicted octanol–water partition coefficient (Wildman–Crippen LogP) is 2.71. The van der Waals surface area contributed by atoms with Crippen LogP contribution in [0.15, 0.2) is 61.0 Å². The van der Waals surface area contributed by atoms with Gasteiger partial charge in [-0.3, -0.25) is 9.59 Å². The highest BCUT2D eigenvalue weighted by molar-refractivity contribution is 6.11. The van der Waals surface area contributed by atoms with Crippen LogP contribution in [-0.2, 0) is 9.47 Å². The van der Waals surface area contributed by atoms with Crippen molar-refractivity contribution >= 4 is 45.1 Å². The maximum Gasteiger partial charge on any atom is 0.364 e. The van der Waals surface area contributed by atoms with Crippen molar-refractivity contribution in [3.05, 3.63) is 80.3 Å². The number of methoxy groups -OCH3 is 2. The van der Waals surface area contributed by atoms with Crippen molar-refractivity contribution in [1.29, 1.82) is 0 Å². The van der Waals surface area contributed by atoms with E-state index in [-0.39, 0.29) is 44.5 Å². The lowest BCUT2D eigenvalue weighted by atomic mass is 9.89. The normalized spacial score (nSPS) is 19.9. The molecule has 0 unspecified atom stereocenters. The number of carbonyl (C=O) groups is 2. The minimum absolute atomic E-state index is 0.0143. The van der Waals surface area contributed by atoms with E-state index in [1.54, 1.807) is 13.8 Å². The fourth-order valence-corrected chi connectivity index (χ4v) is 5.91.